The number of rotatable bonds is 4. The molecule has 0 saturated carbocycles. The van der Waals surface area contributed by atoms with Gasteiger partial charge in [-0.1, -0.05) is 19.1 Å². The summed E-state index contributed by atoms with van der Waals surface area (Å²) in [6, 6.07) is 0. The lowest BCUT2D eigenvalue weighted by Crippen LogP contribution is -2.14. The van der Waals surface area contributed by atoms with Crippen molar-refractivity contribution in [1.82, 2.24) is 29.9 Å². The molecule has 0 aliphatic rings. The van der Waals surface area contributed by atoms with E-state index in [4.69, 9.17) is 16.6 Å². The van der Waals surface area contributed by atoms with Crippen molar-refractivity contribution < 1.29 is 9.90 Å². The summed E-state index contributed by atoms with van der Waals surface area (Å²) in [5, 5.41) is 16.6. The van der Waals surface area contributed by atoms with E-state index in [1.54, 1.807) is 0 Å². The highest BCUT2D eigenvalue weighted by atomic mass is 16.4. The molecule has 0 spiro atoms. The molecule has 2 rings (SSSR count). The summed E-state index contributed by atoms with van der Waals surface area (Å²) in [6.45, 7) is 3.81. The SMILES string of the molecule is CC(C)c1c(C(=O)O)nnn1Cc1nc(N)nc(N)n1. The summed E-state index contributed by atoms with van der Waals surface area (Å²) in [6.07, 6.45) is 0. The van der Waals surface area contributed by atoms with Crippen LogP contribution < -0.4 is 11.5 Å². The molecular formula is C10H14N8O2. The lowest BCUT2D eigenvalue weighted by molar-refractivity contribution is 0.0688. The van der Waals surface area contributed by atoms with E-state index in [0.717, 1.165) is 0 Å². The Hall–Kier alpha value is -2.78. The average Bonchev–Trinajstić information content (AvgIpc) is 2.71. The van der Waals surface area contributed by atoms with Crippen LogP contribution in [0.3, 0.4) is 0 Å². The van der Waals surface area contributed by atoms with Gasteiger partial charge in [-0.15, -0.1) is 5.10 Å². The molecule has 0 bridgehead atoms. The van der Waals surface area contributed by atoms with Gasteiger partial charge in [0.25, 0.3) is 0 Å². The number of aromatic nitrogens is 6. The Balaban J connectivity index is 2.41. The van der Waals surface area contributed by atoms with Gasteiger partial charge >= 0.3 is 5.97 Å². The van der Waals surface area contributed by atoms with Crippen LogP contribution in [0, 0.1) is 0 Å². The van der Waals surface area contributed by atoms with Crippen molar-refractivity contribution in [2.45, 2.75) is 26.3 Å². The van der Waals surface area contributed by atoms with Crippen molar-refractivity contribution in [1.29, 1.82) is 0 Å². The van der Waals surface area contributed by atoms with Crippen LogP contribution in [0.1, 0.15) is 41.8 Å². The maximum absolute atomic E-state index is 11.1. The predicted molar refractivity (Wildman–Crippen MR) is 68.8 cm³/mol. The number of carbonyl (C=O) groups is 1. The molecular weight excluding hydrogens is 264 g/mol. The lowest BCUT2D eigenvalue weighted by Gasteiger charge is -2.09. The summed E-state index contributed by atoms with van der Waals surface area (Å²) in [5.41, 5.74) is 11.4. The van der Waals surface area contributed by atoms with Crippen LogP contribution in [0.25, 0.3) is 0 Å². The van der Waals surface area contributed by atoms with Crippen LogP contribution in [0.5, 0.6) is 0 Å². The van der Waals surface area contributed by atoms with E-state index in [-0.39, 0.29) is 30.1 Å². The molecule has 0 aliphatic carbocycles. The van der Waals surface area contributed by atoms with Gasteiger partial charge in [-0.25, -0.2) is 9.48 Å². The van der Waals surface area contributed by atoms with Crippen LogP contribution in [0.2, 0.25) is 0 Å². The Morgan fingerprint density at radius 3 is 2.35 bits per heavy atom. The van der Waals surface area contributed by atoms with Crippen molar-refractivity contribution in [3.05, 3.63) is 17.2 Å². The van der Waals surface area contributed by atoms with Crippen LogP contribution >= 0.6 is 0 Å². The number of hydrogen-bond acceptors (Lipinski definition) is 8. The molecule has 0 radical (unpaired) electrons. The first-order valence-corrected chi connectivity index (χ1v) is 5.81. The number of nitrogen functional groups attached to an aromatic ring is 2. The zero-order valence-corrected chi connectivity index (χ0v) is 11.0. The first kappa shape index (κ1) is 13.6. The van der Waals surface area contributed by atoms with Crippen LogP contribution in [-0.4, -0.2) is 41.0 Å². The quantitative estimate of drug-likeness (QED) is 0.669. The van der Waals surface area contributed by atoms with Crippen LogP contribution in [0.4, 0.5) is 11.9 Å². The molecule has 10 heteroatoms. The lowest BCUT2D eigenvalue weighted by atomic mass is 10.1. The van der Waals surface area contributed by atoms with E-state index in [9.17, 15) is 4.79 Å². The molecule has 20 heavy (non-hydrogen) atoms. The van der Waals surface area contributed by atoms with E-state index in [2.05, 4.69) is 25.3 Å². The zero-order valence-electron chi connectivity index (χ0n) is 11.0. The molecule has 2 aromatic rings. The van der Waals surface area contributed by atoms with Crippen molar-refractivity contribution >= 4 is 17.9 Å². The van der Waals surface area contributed by atoms with E-state index >= 15 is 0 Å². The second kappa shape index (κ2) is 5.07. The minimum absolute atomic E-state index is 0.00262. The Morgan fingerprint density at radius 2 is 1.85 bits per heavy atom. The van der Waals surface area contributed by atoms with Gasteiger partial charge in [-0.05, 0) is 5.92 Å². The fourth-order valence-electron chi connectivity index (χ4n) is 1.82. The highest BCUT2D eigenvalue weighted by Gasteiger charge is 2.22. The third kappa shape index (κ3) is 2.63. The molecule has 0 aliphatic heterocycles. The third-order valence-corrected chi connectivity index (χ3v) is 2.53. The van der Waals surface area contributed by atoms with E-state index in [1.165, 1.54) is 4.68 Å². The normalized spacial score (nSPS) is 10.9. The predicted octanol–water partition coefficient (Wildman–Crippen LogP) is -0.503. The summed E-state index contributed by atoms with van der Waals surface area (Å²) < 4.78 is 1.42. The first-order valence-electron chi connectivity index (χ1n) is 5.81. The monoisotopic (exact) mass is 278 g/mol. The molecule has 2 aromatic heterocycles. The number of carboxylic acids is 1. The standard InChI is InChI=1S/C10H14N8O2/c1-4(2)7-6(8(19)20)16-17-18(7)3-5-13-9(11)15-10(12)14-5/h4H,3H2,1-2H3,(H,19,20)(H4,11,12,13,14,15). The summed E-state index contributed by atoms with van der Waals surface area (Å²) in [7, 11) is 0. The average molecular weight is 278 g/mol. The minimum Gasteiger partial charge on any atom is -0.476 e. The maximum Gasteiger partial charge on any atom is 0.358 e. The molecule has 0 saturated heterocycles. The van der Waals surface area contributed by atoms with Gasteiger partial charge < -0.3 is 16.6 Å². The topological polar surface area (TPSA) is 159 Å². The van der Waals surface area contributed by atoms with E-state index < -0.39 is 5.97 Å². The Labute approximate surface area is 113 Å². The van der Waals surface area contributed by atoms with Crippen LogP contribution in [-0.2, 0) is 6.54 Å². The van der Waals surface area contributed by atoms with Crippen molar-refractivity contribution in [2.75, 3.05) is 11.5 Å². The largest absolute Gasteiger partial charge is 0.476 e. The molecule has 106 valence electrons. The van der Waals surface area contributed by atoms with Crippen molar-refractivity contribution in [3.8, 4) is 0 Å². The fraction of sp³-hybridized carbons (Fsp3) is 0.400. The maximum atomic E-state index is 11.1. The Morgan fingerprint density at radius 1 is 1.25 bits per heavy atom. The van der Waals surface area contributed by atoms with Gasteiger partial charge in [0.05, 0.1) is 5.69 Å². The first-order chi connectivity index (χ1) is 9.38. The summed E-state index contributed by atoms with van der Waals surface area (Å²) >= 11 is 0. The van der Waals surface area contributed by atoms with E-state index in [0.29, 0.717) is 11.5 Å². The number of aromatic carboxylic acids is 1. The van der Waals surface area contributed by atoms with Gasteiger partial charge in [0.1, 0.15) is 6.54 Å². The van der Waals surface area contributed by atoms with E-state index in [1.807, 2.05) is 13.8 Å². The second-order valence-corrected chi connectivity index (χ2v) is 4.41. The van der Waals surface area contributed by atoms with Gasteiger partial charge in [-0.3, -0.25) is 0 Å². The number of nitrogens with zero attached hydrogens (tertiary/aromatic N) is 6. The smallest absolute Gasteiger partial charge is 0.358 e. The van der Waals surface area contributed by atoms with Gasteiger partial charge in [-0.2, -0.15) is 15.0 Å². The van der Waals surface area contributed by atoms with Crippen LogP contribution in [0.15, 0.2) is 0 Å². The van der Waals surface area contributed by atoms with Gasteiger partial charge in [0.15, 0.2) is 11.5 Å². The summed E-state index contributed by atoms with van der Waals surface area (Å²) in [4.78, 5) is 22.6. The number of nitrogens with two attached hydrogens (primary N) is 2. The zero-order chi connectivity index (χ0) is 14.9. The number of anilines is 2. The molecule has 10 nitrogen and oxygen atoms in total. The highest BCUT2D eigenvalue weighted by Crippen LogP contribution is 2.18. The van der Waals surface area contributed by atoms with Gasteiger partial charge in [0.2, 0.25) is 11.9 Å². The Bertz CT molecular complexity index is 630. The molecule has 2 heterocycles. The molecule has 0 amide bonds. The fourth-order valence-corrected chi connectivity index (χ4v) is 1.82. The van der Waals surface area contributed by atoms with Crippen molar-refractivity contribution in [2.24, 2.45) is 0 Å². The van der Waals surface area contributed by atoms with Crippen molar-refractivity contribution in [3.63, 3.8) is 0 Å². The third-order valence-electron chi connectivity index (χ3n) is 2.53. The molecule has 0 aromatic carbocycles. The number of carboxylic acid groups (broad SMARTS) is 1. The molecule has 0 unspecified atom stereocenters. The second-order valence-electron chi connectivity index (χ2n) is 4.41. The molecule has 5 N–H and O–H groups in total. The van der Waals surface area contributed by atoms with Gasteiger partial charge in [0, 0.05) is 0 Å². The number of hydrogen-bond donors (Lipinski definition) is 3. The Kier molecular flexibility index (Phi) is 3.46. The summed E-state index contributed by atoms with van der Waals surface area (Å²) in [5.74, 6) is -0.921. The minimum atomic E-state index is -1.13. The highest BCUT2D eigenvalue weighted by molar-refractivity contribution is 5.86. The molecule has 0 fully saturated rings. The molecule has 0 atom stereocenters.